The zero-order valence-corrected chi connectivity index (χ0v) is 17.1. The molecule has 2 heterocycles. The number of thioether (sulfide) groups is 1. The fourth-order valence-corrected chi connectivity index (χ4v) is 3.74. The zero-order valence-electron chi connectivity index (χ0n) is 16.3. The molecule has 2 aromatic carbocycles. The van der Waals surface area contributed by atoms with Crippen LogP contribution in [0.1, 0.15) is 5.56 Å². The van der Waals surface area contributed by atoms with E-state index in [2.05, 4.69) is 15.5 Å². The first kappa shape index (κ1) is 19.8. The summed E-state index contributed by atoms with van der Waals surface area (Å²) in [7, 11) is 1.61. The number of benzene rings is 2. The van der Waals surface area contributed by atoms with Gasteiger partial charge in [0.15, 0.2) is 10.9 Å². The Morgan fingerprint density at radius 1 is 1.07 bits per heavy atom. The topological polar surface area (TPSA) is 82.2 Å². The second-order valence-electron chi connectivity index (χ2n) is 6.33. The van der Waals surface area contributed by atoms with Gasteiger partial charge in [-0.1, -0.05) is 48.2 Å². The summed E-state index contributed by atoms with van der Waals surface area (Å²) in [6.45, 7) is 0.395. The monoisotopic (exact) mass is 420 g/mol. The van der Waals surface area contributed by atoms with Crippen molar-refractivity contribution < 1.29 is 13.9 Å². The summed E-state index contributed by atoms with van der Waals surface area (Å²) in [5.74, 6) is 2.05. The van der Waals surface area contributed by atoms with Crippen LogP contribution in [0.25, 0.3) is 17.3 Å². The molecule has 1 amide bonds. The van der Waals surface area contributed by atoms with Crippen molar-refractivity contribution in [2.45, 2.75) is 11.7 Å². The van der Waals surface area contributed by atoms with Gasteiger partial charge < -0.3 is 14.5 Å². The number of carbonyl (C=O) groups is 1. The lowest BCUT2D eigenvalue weighted by Crippen LogP contribution is -2.25. The van der Waals surface area contributed by atoms with E-state index >= 15 is 0 Å². The van der Waals surface area contributed by atoms with Crippen molar-refractivity contribution in [1.29, 1.82) is 0 Å². The summed E-state index contributed by atoms with van der Waals surface area (Å²) in [6, 6.07) is 21.0. The number of para-hydroxylation sites is 2. The SMILES string of the molecule is COc1ccccc1CNC(=O)CSc1nnc(-c2ccco2)n1-c1ccccc1. The summed E-state index contributed by atoms with van der Waals surface area (Å²) in [6.07, 6.45) is 1.59. The van der Waals surface area contributed by atoms with Crippen LogP contribution in [0.15, 0.2) is 82.6 Å². The first-order valence-electron chi connectivity index (χ1n) is 9.32. The predicted octanol–water partition coefficient (Wildman–Crippen LogP) is 3.94. The number of aromatic nitrogens is 3. The van der Waals surface area contributed by atoms with E-state index < -0.39 is 0 Å². The van der Waals surface area contributed by atoms with Gasteiger partial charge in [-0.05, 0) is 30.3 Å². The van der Waals surface area contributed by atoms with E-state index in [1.807, 2.05) is 65.2 Å². The Morgan fingerprint density at radius 2 is 1.87 bits per heavy atom. The fraction of sp³-hybridized carbons (Fsp3) is 0.136. The van der Waals surface area contributed by atoms with Gasteiger partial charge in [0.1, 0.15) is 5.75 Å². The molecule has 4 rings (SSSR count). The summed E-state index contributed by atoms with van der Waals surface area (Å²) < 4.78 is 12.7. The van der Waals surface area contributed by atoms with Gasteiger partial charge in [-0.2, -0.15) is 0 Å². The highest BCUT2D eigenvalue weighted by Crippen LogP contribution is 2.28. The minimum Gasteiger partial charge on any atom is -0.496 e. The molecular weight excluding hydrogens is 400 g/mol. The van der Waals surface area contributed by atoms with Crippen LogP contribution in [0, 0.1) is 0 Å². The number of hydrogen-bond acceptors (Lipinski definition) is 6. The van der Waals surface area contributed by atoms with Crippen molar-refractivity contribution in [2.75, 3.05) is 12.9 Å². The van der Waals surface area contributed by atoms with Gasteiger partial charge in [0, 0.05) is 17.8 Å². The maximum absolute atomic E-state index is 12.4. The van der Waals surface area contributed by atoms with Crippen molar-refractivity contribution in [3.63, 3.8) is 0 Å². The van der Waals surface area contributed by atoms with Gasteiger partial charge in [-0.3, -0.25) is 9.36 Å². The third-order valence-electron chi connectivity index (χ3n) is 4.39. The molecule has 7 nitrogen and oxygen atoms in total. The number of amides is 1. The molecule has 0 saturated heterocycles. The number of hydrogen-bond donors (Lipinski definition) is 1. The van der Waals surface area contributed by atoms with E-state index in [1.165, 1.54) is 11.8 Å². The molecule has 0 bridgehead atoms. The van der Waals surface area contributed by atoms with Crippen LogP contribution in [0.5, 0.6) is 5.75 Å². The molecule has 0 aliphatic heterocycles. The Kier molecular flexibility index (Phi) is 6.14. The van der Waals surface area contributed by atoms with E-state index in [0.29, 0.717) is 23.3 Å². The molecule has 0 aliphatic carbocycles. The fourth-order valence-electron chi connectivity index (χ4n) is 2.96. The second-order valence-corrected chi connectivity index (χ2v) is 7.27. The lowest BCUT2D eigenvalue weighted by molar-refractivity contribution is -0.118. The average molecular weight is 420 g/mol. The van der Waals surface area contributed by atoms with Gasteiger partial charge in [0.05, 0.1) is 19.1 Å². The number of methoxy groups -OCH3 is 1. The van der Waals surface area contributed by atoms with Crippen LogP contribution >= 0.6 is 11.8 Å². The van der Waals surface area contributed by atoms with E-state index in [-0.39, 0.29) is 11.7 Å². The Morgan fingerprint density at radius 3 is 2.63 bits per heavy atom. The molecule has 0 radical (unpaired) electrons. The molecule has 8 heteroatoms. The second kappa shape index (κ2) is 9.32. The first-order chi connectivity index (χ1) is 14.8. The van der Waals surface area contributed by atoms with Crippen molar-refractivity contribution in [3.05, 3.63) is 78.6 Å². The van der Waals surface area contributed by atoms with Crippen LogP contribution in [-0.2, 0) is 11.3 Å². The number of furan rings is 1. The molecule has 152 valence electrons. The standard InChI is InChI=1S/C22H20N4O3S/c1-28-18-11-6-5-8-16(18)14-23-20(27)15-30-22-25-24-21(19-12-7-13-29-19)26(22)17-9-3-2-4-10-17/h2-13H,14-15H2,1H3,(H,23,27). The number of carbonyl (C=O) groups excluding carboxylic acids is 1. The maximum Gasteiger partial charge on any atom is 0.230 e. The van der Waals surface area contributed by atoms with E-state index in [0.717, 1.165) is 17.0 Å². The molecular formula is C22H20N4O3S. The minimum atomic E-state index is -0.104. The van der Waals surface area contributed by atoms with Crippen LogP contribution in [0.4, 0.5) is 0 Å². The van der Waals surface area contributed by atoms with Gasteiger partial charge in [-0.15, -0.1) is 10.2 Å². The zero-order chi connectivity index (χ0) is 20.8. The third-order valence-corrected chi connectivity index (χ3v) is 5.32. The highest BCUT2D eigenvalue weighted by molar-refractivity contribution is 7.99. The summed E-state index contributed by atoms with van der Waals surface area (Å²) in [5.41, 5.74) is 1.82. The predicted molar refractivity (Wildman–Crippen MR) is 115 cm³/mol. The molecule has 0 atom stereocenters. The third kappa shape index (κ3) is 4.38. The average Bonchev–Trinajstić information content (AvgIpc) is 3.46. The number of ether oxygens (including phenoxy) is 1. The molecule has 0 aliphatic rings. The van der Waals surface area contributed by atoms with Crippen molar-refractivity contribution >= 4 is 17.7 Å². The molecule has 1 N–H and O–H groups in total. The Hall–Kier alpha value is -3.52. The van der Waals surface area contributed by atoms with Crippen molar-refractivity contribution in [2.24, 2.45) is 0 Å². The lowest BCUT2D eigenvalue weighted by Gasteiger charge is -2.10. The van der Waals surface area contributed by atoms with Crippen molar-refractivity contribution in [3.8, 4) is 23.0 Å². The Labute approximate surface area is 178 Å². The highest BCUT2D eigenvalue weighted by atomic mass is 32.2. The van der Waals surface area contributed by atoms with Crippen LogP contribution < -0.4 is 10.1 Å². The number of rotatable bonds is 8. The smallest absolute Gasteiger partial charge is 0.230 e. The maximum atomic E-state index is 12.4. The quantitative estimate of drug-likeness (QED) is 0.435. The van der Waals surface area contributed by atoms with Gasteiger partial charge in [0.25, 0.3) is 0 Å². The highest BCUT2D eigenvalue weighted by Gasteiger charge is 2.18. The Bertz CT molecular complexity index is 1110. The molecule has 0 saturated carbocycles. The van der Waals surface area contributed by atoms with Crippen LogP contribution in [0.2, 0.25) is 0 Å². The summed E-state index contributed by atoms with van der Waals surface area (Å²) in [4.78, 5) is 12.4. The number of nitrogens with one attached hydrogen (secondary N) is 1. The number of nitrogens with zero attached hydrogens (tertiary/aromatic N) is 3. The lowest BCUT2D eigenvalue weighted by atomic mass is 10.2. The van der Waals surface area contributed by atoms with Gasteiger partial charge >= 0.3 is 0 Å². The van der Waals surface area contributed by atoms with Gasteiger partial charge in [0.2, 0.25) is 11.7 Å². The first-order valence-corrected chi connectivity index (χ1v) is 10.3. The molecule has 0 unspecified atom stereocenters. The normalized spacial score (nSPS) is 10.7. The van der Waals surface area contributed by atoms with E-state index in [9.17, 15) is 4.79 Å². The summed E-state index contributed by atoms with van der Waals surface area (Å²) in [5, 5.41) is 12.1. The van der Waals surface area contributed by atoms with E-state index in [4.69, 9.17) is 9.15 Å². The molecule has 0 fully saturated rings. The molecule has 4 aromatic rings. The van der Waals surface area contributed by atoms with E-state index in [1.54, 1.807) is 19.4 Å². The molecule has 30 heavy (non-hydrogen) atoms. The molecule has 2 aromatic heterocycles. The van der Waals surface area contributed by atoms with Crippen LogP contribution in [-0.4, -0.2) is 33.5 Å². The van der Waals surface area contributed by atoms with Crippen molar-refractivity contribution in [1.82, 2.24) is 20.1 Å². The van der Waals surface area contributed by atoms with Crippen LogP contribution in [0.3, 0.4) is 0 Å². The minimum absolute atomic E-state index is 0.104. The largest absolute Gasteiger partial charge is 0.496 e. The molecule has 0 spiro atoms. The summed E-state index contributed by atoms with van der Waals surface area (Å²) >= 11 is 1.32. The Balaban J connectivity index is 1.48. The van der Waals surface area contributed by atoms with Gasteiger partial charge in [-0.25, -0.2) is 0 Å².